The first kappa shape index (κ1) is 22.2. The lowest BCUT2D eigenvalue weighted by atomic mass is 9.31. The molecule has 192 valence electrons. The van der Waals surface area contributed by atoms with E-state index in [0.717, 1.165) is 0 Å². The minimum Gasteiger partial charge on any atom is -0.135 e. The van der Waals surface area contributed by atoms with Crippen molar-refractivity contribution in [2.75, 3.05) is 0 Å². The van der Waals surface area contributed by atoms with Crippen LogP contribution in [-0.2, 0) is 0 Å². The summed E-state index contributed by atoms with van der Waals surface area (Å²) in [5.74, 6) is 0. The quantitative estimate of drug-likeness (QED) is 0.161. The van der Waals surface area contributed by atoms with Gasteiger partial charge in [0.05, 0.1) is 0 Å². The van der Waals surface area contributed by atoms with Gasteiger partial charge in [0.25, 0.3) is 0 Å². The van der Waals surface area contributed by atoms with Crippen molar-refractivity contribution in [2.45, 2.75) is 6.92 Å². The first-order valence-corrected chi connectivity index (χ1v) is 16.3. The second kappa shape index (κ2) is 7.49. The first-order valence-electron chi connectivity index (χ1n) is 14.6. The highest BCUT2D eigenvalue weighted by Gasteiger charge is 2.39. The fraction of sp³-hybridized carbons (Fsp3) is 0.0256. The van der Waals surface area contributed by atoms with Crippen LogP contribution in [-0.4, -0.2) is 6.71 Å². The van der Waals surface area contributed by atoms with E-state index in [2.05, 4.69) is 116 Å². The molecule has 0 nitrogen and oxygen atoms in total. The summed E-state index contributed by atoms with van der Waals surface area (Å²) in [6, 6.07) is 41.9. The number of hydrogen-bond donors (Lipinski definition) is 0. The lowest BCUT2D eigenvalue weighted by Crippen LogP contribution is -2.57. The van der Waals surface area contributed by atoms with Crippen LogP contribution in [0.4, 0.5) is 0 Å². The summed E-state index contributed by atoms with van der Waals surface area (Å²) >= 11 is 3.88. The van der Waals surface area contributed by atoms with E-state index in [9.17, 15) is 0 Å². The highest BCUT2D eigenvalue weighted by atomic mass is 32.1. The summed E-state index contributed by atoms with van der Waals surface area (Å²) in [5, 5.41) is 11.2. The maximum Gasteiger partial charge on any atom is 0.244 e. The molecule has 42 heavy (non-hydrogen) atoms. The van der Waals surface area contributed by atoms with Crippen LogP contribution < -0.4 is 16.4 Å². The Morgan fingerprint density at radius 1 is 0.429 bits per heavy atom. The normalized spacial score (nSPS) is 13.3. The number of fused-ring (bicyclic) bond motifs is 12. The molecule has 2 aliphatic rings. The summed E-state index contributed by atoms with van der Waals surface area (Å²) in [6.07, 6.45) is 0. The predicted octanol–water partition coefficient (Wildman–Crippen LogP) is 9.51. The van der Waals surface area contributed by atoms with Crippen LogP contribution in [0.15, 0.2) is 109 Å². The van der Waals surface area contributed by atoms with Crippen LogP contribution in [0.5, 0.6) is 0 Å². The second-order valence-corrected chi connectivity index (χ2v) is 14.2. The Hall–Kier alpha value is -4.44. The van der Waals surface area contributed by atoms with E-state index in [1.165, 1.54) is 106 Å². The molecule has 0 amide bonds. The molecule has 0 saturated carbocycles. The van der Waals surface area contributed by atoms with Gasteiger partial charge in [0.1, 0.15) is 0 Å². The van der Waals surface area contributed by atoms with Gasteiger partial charge in [-0.1, -0.05) is 101 Å². The Balaban J connectivity index is 1.39. The van der Waals surface area contributed by atoms with Crippen molar-refractivity contribution in [3.05, 3.63) is 115 Å². The zero-order valence-corrected chi connectivity index (χ0v) is 24.4. The number of thiophene rings is 2. The van der Waals surface area contributed by atoms with Gasteiger partial charge in [-0.15, -0.1) is 22.7 Å². The Morgan fingerprint density at radius 3 is 1.43 bits per heavy atom. The lowest BCUT2D eigenvalue weighted by molar-refractivity contribution is 1.48. The minimum atomic E-state index is 0.203. The molecular formula is C39H21BS2. The Morgan fingerprint density at radius 2 is 0.905 bits per heavy atom. The molecule has 0 bridgehead atoms. The number of hydrogen-bond acceptors (Lipinski definition) is 2. The molecule has 7 aromatic carbocycles. The van der Waals surface area contributed by atoms with E-state index in [1.54, 1.807) is 0 Å². The van der Waals surface area contributed by atoms with Crippen LogP contribution in [0.1, 0.15) is 5.56 Å². The van der Waals surface area contributed by atoms with Gasteiger partial charge in [0, 0.05) is 40.3 Å². The van der Waals surface area contributed by atoms with Crippen molar-refractivity contribution in [1.82, 2.24) is 0 Å². The van der Waals surface area contributed by atoms with E-state index in [1.807, 2.05) is 22.7 Å². The molecule has 0 spiro atoms. The molecule has 0 N–H and O–H groups in total. The van der Waals surface area contributed by atoms with Crippen LogP contribution in [0.3, 0.4) is 0 Å². The van der Waals surface area contributed by atoms with Gasteiger partial charge in [-0.25, -0.2) is 0 Å². The largest absolute Gasteiger partial charge is 0.244 e. The van der Waals surface area contributed by atoms with Gasteiger partial charge >= 0.3 is 0 Å². The summed E-state index contributed by atoms with van der Waals surface area (Å²) in [5.41, 5.74) is 11.3. The fourth-order valence-electron chi connectivity index (χ4n) is 8.39. The maximum absolute atomic E-state index is 2.55. The molecule has 0 aliphatic carbocycles. The lowest BCUT2D eigenvalue weighted by Gasteiger charge is -2.34. The van der Waals surface area contributed by atoms with Crippen LogP contribution in [0, 0.1) is 6.92 Å². The van der Waals surface area contributed by atoms with E-state index in [0.29, 0.717) is 0 Å². The second-order valence-electron chi connectivity index (χ2n) is 12.0. The Kier molecular flexibility index (Phi) is 3.96. The zero-order chi connectivity index (χ0) is 27.3. The van der Waals surface area contributed by atoms with Crippen molar-refractivity contribution in [3.8, 4) is 22.3 Å². The van der Waals surface area contributed by atoms with E-state index in [-0.39, 0.29) is 6.71 Å². The highest BCUT2D eigenvalue weighted by molar-refractivity contribution is 7.26. The van der Waals surface area contributed by atoms with Crippen molar-refractivity contribution in [3.63, 3.8) is 0 Å². The van der Waals surface area contributed by atoms with Crippen LogP contribution in [0.25, 0.3) is 84.1 Å². The standard InChI is InChI=1S/C39H21BS2/c1-20-16-27-21-10-6-12-25-35(21)29(18-33-37(25)23-8-2-4-14-31(23)41-33)40-30-19-34-38(24-9-3-5-15-32(24)42-34)26-13-7-11-22(36(26)30)28(17-20)39(27)40/h2-19H,1H3. The summed E-state index contributed by atoms with van der Waals surface area (Å²) < 4.78 is 5.53. The third kappa shape index (κ3) is 2.53. The highest BCUT2D eigenvalue weighted by Crippen LogP contribution is 2.46. The van der Waals surface area contributed by atoms with Crippen molar-refractivity contribution in [1.29, 1.82) is 0 Å². The van der Waals surface area contributed by atoms with Gasteiger partial charge in [-0.05, 0) is 80.6 Å². The summed E-state index contributed by atoms with van der Waals surface area (Å²) in [7, 11) is 0. The minimum absolute atomic E-state index is 0.203. The maximum atomic E-state index is 2.55. The average Bonchev–Trinajstić information content (AvgIpc) is 3.59. The monoisotopic (exact) mass is 564 g/mol. The van der Waals surface area contributed by atoms with E-state index < -0.39 is 0 Å². The smallest absolute Gasteiger partial charge is 0.135 e. The summed E-state index contributed by atoms with van der Waals surface area (Å²) in [4.78, 5) is 0. The van der Waals surface area contributed by atoms with Gasteiger partial charge in [0.15, 0.2) is 0 Å². The molecule has 2 aromatic heterocycles. The fourth-order valence-corrected chi connectivity index (χ4v) is 10.7. The molecule has 4 heterocycles. The SMILES string of the molecule is Cc1cc2c3c(c1)-c1cccc4c1c(cc1sc5ccccc5c14)B3c1cc3sc4ccccc4c3c3cccc-2c13. The molecule has 11 rings (SSSR count). The van der Waals surface area contributed by atoms with Crippen molar-refractivity contribution < 1.29 is 0 Å². The topological polar surface area (TPSA) is 0 Å². The molecule has 2 aliphatic heterocycles. The molecule has 0 atom stereocenters. The average molecular weight is 565 g/mol. The van der Waals surface area contributed by atoms with Crippen LogP contribution >= 0.6 is 22.7 Å². The zero-order valence-electron chi connectivity index (χ0n) is 22.8. The molecule has 0 unspecified atom stereocenters. The Labute approximate surface area is 250 Å². The third-order valence-electron chi connectivity index (χ3n) is 9.88. The first-order chi connectivity index (χ1) is 20.7. The molecule has 9 aromatic rings. The van der Waals surface area contributed by atoms with Crippen LogP contribution in [0.2, 0.25) is 0 Å². The van der Waals surface area contributed by atoms with Crippen molar-refractivity contribution in [2.24, 2.45) is 0 Å². The van der Waals surface area contributed by atoms with E-state index in [4.69, 9.17) is 0 Å². The third-order valence-corrected chi connectivity index (χ3v) is 12.1. The molecule has 0 saturated heterocycles. The number of rotatable bonds is 0. The van der Waals surface area contributed by atoms with Gasteiger partial charge in [-0.2, -0.15) is 0 Å². The van der Waals surface area contributed by atoms with Gasteiger partial charge in [-0.3, -0.25) is 0 Å². The van der Waals surface area contributed by atoms with Gasteiger partial charge in [0.2, 0.25) is 6.71 Å². The molecular weight excluding hydrogens is 543 g/mol. The van der Waals surface area contributed by atoms with Crippen molar-refractivity contribution >= 4 is 108 Å². The molecule has 0 radical (unpaired) electrons. The van der Waals surface area contributed by atoms with E-state index >= 15 is 0 Å². The predicted molar refractivity (Wildman–Crippen MR) is 187 cm³/mol. The summed E-state index contributed by atoms with van der Waals surface area (Å²) in [6.45, 7) is 2.47. The molecule has 0 fully saturated rings. The number of aryl methyl sites for hydroxylation is 1. The van der Waals surface area contributed by atoms with Gasteiger partial charge < -0.3 is 0 Å². The number of benzene rings is 7. The Bertz CT molecular complexity index is 2520. The molecule has 3 heteroatoms.